The van der Waals surface area contributed by atoms with Gasteiger partial charge in [-0.1, -0.05) is 12.1 Å². The van der Waals surface area contributed by atoms with E-state index in [4.69, 9.17) is 0 Å². The second-order valence-corrected chi connectivity index (χ2v) is 5.64. The number of hydrogen-bond acceptors (Lipinski definition) is 3. The molecule has 0 heterocycles. The van der Waals surface area contributed by atoms with Crippen LogP contribution in [0.4, 0.5) is 5.69 Å². The van der Waals surface area contributed by atoms with Crippen molar-refractivity contribution in [3.8, 4) is 0 Å². The van der Waals surface area contributed by atoms with Gasteiger partial charge in [-0.25, -0.2) is 0 Å². The molecule has 0 aliphatic heterocycles. The van der Waals surface area contributed by atoms with E-state index in [1.54, 1.807) is 0 Å². The molecule has 1 N–H and O–H groups in total. The van der Waals surface area contributed by atoms with Crippen LogP contribution >= 0.6 is 11.8 Å². The number of nitrogens with zero attached hydrogens (tertiary/aromatic N) is 1. The van der Waals surface area contributed by atoms with E-state index in [-0.39, 0.29) is 0 Å². The molecule has 0 saturated heterocycles. The van der Waals surface area contributed by atoms with Gasteiger partial charge in [-0.2, -0.15) is 11.8 Å². The molecule has 2 nitrogen and oxygen atoms in total. The number of benzene rings is 1. The highest BCUT2D eigenvalue weighted by Crippen LogP contribution is 2.18. The van der Waals surface area contributed by atoms with E-state index in [2.05, 4.69) is 68.7 Å². The van der Waals surface area contributed by atoms with Gasteiger partial charge in [0, 0.05) is 37.6 Å². The Hall–Kier alpha value is -0.670. The molecule has 1 aromatic carbocycles. The molecule has 2 atom stereocenters. The first kappa shape index (κ1) is 14.4. The third-order valence-electron chi connectivity index (χ3n) is 2.86. The molecule has 1 rings (SSSR count). The third-order valence-corrected chi connectivity index (χ3v) is 3.69. The van der Waals surface area contributed by atoms with Gasteiger partial charge in [-0.05, 0) is 37.8 Å². The second kappa shape index (κ2) is 6.92. The first-order valence-electron chi connectivity index (χ1n) is 6.07. The Morgan fingerprint density at radius 3 is 2.24 bits per heavy atom. The lowest BCUT2D eigenvalue weighted by Gasteiger charge is -2.20. The summed E-state index contributed by atoms with van der Waals surface area (Å²) in [5.74, 6) is 1.15. The Morgan fingerprint density at radius 2 is 1.76 bits per heavy atom. The Morgan fingerprint density at radius 1 is 1.18 bits per heavy atom. The predicted molar refractivity (Wildman–Crippen MR) is 80.2 cm³/mol. The van der Waals surface area contributed by atoms with Crippen molar-refractivity contribution in [1.82, 2.24) is 5.32 Å². The molecule has 0 aliphatic rings. The van der Waals surface area contributed by atoms with Gasteiger partial charge >= 0.3 is 0 Å². The van der Waals surface area contributed by atoms with Crippen molar-refractivity contribution in [2.75, 3.05) is 31.0 Å². The minimum absolute atomic E-state index is 0.411. The maximum Gasteiger partial charge on any atom is 0.0361 e. The minimum Gasteiger partial charge on any atom is -0.378 e. The highest BCUT2D eigenvalue weighted by Gasteiger charge is 2.08. The Bertz CT molecular complexity index is 321. The molecule has 0 spiro atoms. The lowest BCUT2D eigenvalue weighted by Crippen LogP contribution is -2.30. The molecular weight excluding hydrogens is 228 g/mol. The summed E-state index contributed by atoms with van der Waals surface area (Å²) >= 11 is 1.88. The fourth-order valence-corrected chi connectivity index (χ4v) is 2.48. The van der Waals surface area contributed by atoms with Crippen LogP contribution < -0.4 is 10.2 Å². The Balaban J connectivity index is 2.60. The average molecular weight is 252 g/mol. The van der Waals surface area contributed by atoms with Crippen molar-refractivity contribution >= 4 is 17.4 Å². The van der Waals surface area contributed by atoms with E-state index in [1.807, 2.05) is 11.8 Å². The number of nitrogens with one attached hydrogen (secondary N) is 1. The number of anilines is 1. The normalized spacial score (nSPS) is 14.4. The molecule has 0 aliphatic carbocycles. The zero-order valence-electron chi connectivity index (χ0n) is 11.5. The first-order valence-corrected chi connectivity index (χ1v) is 7.46. The average Bonchev–Trinajstić information content (AvgIpc) is 2.29. The maximum atomic E-state index is 3.61. The van der Waals surface area contributed by atoms with Crippen molar-refractivity contribution in [3.63, 3.8) is 0 Å². The molecule has 0 bridgehead atoms. The fraction of sp³-hybridized carbons (Fsp3) is 0.571. The summed E-state index contributed by atoms with van der Waals surface area (Å²) in [6, 6.07) is 9.72. The van der Waals surface area contributed by atoms with E-state index in [0.29, 0.717) is 12.1 Å². The van der Waals surface area contributed by atoms with Crippen LogP contribution in [0.1, 0.15) is 25.5 Å². The van der Waals surface area contributed by atoms with Crippen molar-refractivity contribution in [2.24, 2.45) is 0 Å². The highest BCUT2D eigenvalue weighted by molar-refractivity contribution is 7.98. The smallest absolute Gasteiger partial charge is 0.0361 e. The zero-order chi connectivity index (χ0) is 12.8. The molecule has 3 heteroatoms. The van der Waals surface area contributed by atoms with Crippen molar-refractivity contribution in [2.45, 2.75) is 25.9 Å². The number of hydrogen-bond donors (Lipinski definition) is 1. The van der Waals surface area contributed by atoms with Gasteiger partial charge in [0.25, 0.3) is 0 Å². The summed E-state index contributed by atoms with van der Waals surface area (Å²) in [6.07, 6.45) is 2.15. The van der Waals surface area contributed by atoms with E-state index in [9.17, 15) is 0 Å². The van der Waals surface area contributed by atoms with Crippen LogP contribution in [0.15, 0.2) is 24.3 Å². The van der Waals surface area contributed by atoms with Crippen LogP contribution in [-0.4, -0.2) is 32.1 Å². The van der Waals surface area contributed by atoms with E-state index in [0.717, 1.165) is 5.75 Å². The summed E-state index contributed by atoms with van der Waals surface area (Å²) in [6.45, 7) is 4.46. The van der Waals surface area contributed by atoms with Crippen LogP contribution in [0.3, 0.4) is 0 Å². The fourth-order valence-electron chi connectivity index (χ4n) is 1.88. The summed E-state index contributed by atoms with van der Waals surface area (Å²) < 4.78 is 0. The van der Waals surface area contributed by atoms with Crippen LogP contribution in [0.2, 0.25) is 0 Å². The van der Waals surface area contributed by atoms with Crippen LogP contribution in [0, 0.1) is 0 Å². The van der Waals surface area contributed by atoms with Gasteiger partial charge in [-0.15, -0.1) is 0 Å². The SMILES string of the molecule is CSCC(C)NC(C)c1ccc(N(C)C)cc1. The Labute approximate surface area is 110 Å². The molecule has 96 valence electrons. The predicted octanol–water partition coefficient (Wildman–Crippen LogP) is 3.15. The minimum atomic E-state index is 0.411. The maximum absolute atomic E-state index is 3.61. The van der Waals surface area contributed by atoms with E-state index < -0.39 is 0 Å². The quantitative estimate of drug-likeness (QED) is 0.837. The van der Waals surface area contributed by atoms with Gasteiger partial charge in [0.15, 0.2) is 0 Å². The molecule has 0 fully saturated rings. The summed E-state index contributed by atoms with van der Waals surface area (Å²) in [5.41, 5.74) is 2.60. The summed E-state index contributed by atoms with van der Waals surface area (Å²) in [7, 11) is 4.13. The van der Waals surface area contributed by atoms with Crippen molar-refractivity contribution < 1.29 is 0 Å². The van der Waals surface area contributed by atoms with Crippen LogP contribution in [0.5, 0.6) is 0 Å². The summed E-state index contributed by atoms with van der Waals surface area (Å²) in [4.78, 5) is 2.12. The molecule has 2 unspecified atom stereocenters. The van der Waals surface area contributed by atoms with E-state index in [1.165, 1.54) is 11.3 Å². The first-order chi connectivity index (χ1) is 8.04. The molecule has 0 radical (unpaired) electrons. The second-order valence-electron chi connectivity index (χ2n) is 4.73. The molecular formula is C14H24N2S. The Kier molecular flexibility index (Phi) is 5.86. The summed E-state index contributed by atoms with van der Waals surface area (Å²) in [5, 5.41) is 3.61. The molecule has 0 aromatic heterocycles. The molecule has 17 heavy (non-hydrogen) atoms. The standard InChI is InChI=1S/C14H24N2S/c1-11(10-17-5)15-12(2)13-6-8-14(9-7-13)16(3)4/h6-9,11-12,15H,10H2,1-5H3. The highest BCUT2D eigenvalue weighted by atomic mass is 32.2. The lowest BCUT2D eigenvalue weighted by molar-refractivity contribution is 0.511. The van der Waals surface area contributed by atoms with Gasteiger partial charge in [0.05, 0.1) is 0 Å². The van der Waals surface area contributed by atoms with Crippen molar-refractivity contribution in [3.05, 3.63) is 29.8 Å². The molecule has 1 aromatic rings. The topological polar surface area (TPSA) is 15.3 Å². The molecule has 0 saturated carbocycles. The zero-order valence-corrected chi connectivity index (χ0v) is 12.3. The molecule has 0 amide bonds. The van der Waals surface area contributed by atoms with Crippen LogP contribution in [-0.2, 0) is 0 Å². The van der Waals surface area contributed by atoms with Crippen molar-refractivity contribution in [1.29, 1.82) is 0 Å². The van der Waals surface area contributed by atoms with Gasteiger partial charge in [0.2, 0.25) is 0 Å². The lowest BCUT2D eigenvalue weighted by atomic mass is 10.1. The van der Waals surface area contributed by atoms with Gasteiger partial charge in [0.1, 0.15) is 0 Å². The third kappa shape index (κ3) is 4.60. The largest absolute Gasteiger partial charge is 0.378 e. The van der Waals surface area contributed by atoms with Gasteiger partial charge in [-0.3, -0.25) is 0 Å². The van der Waals surface area contributed by atoms with Crippen LogP contribution in [0.25, 0.3) is 0 Å². The monoisotopic (exact) mass is 252 g/mol. The number of rotatable bonds is 6. The van der Waals surface area contributed by atoms with E-state index >= 15 is 0 Å². The van der Waals surface area contributed by atoms with Gasteiger partial charge < -0.3 is 10.2 Å². The number of thioether (sulfide) groups is 1.